The maximum absolute atomic E-state index is 5.47. The number of nitrogens with two attached hydrogens (primary N) is 1. The molecule has 0 radical (unpaired) electrons. The van der Waals surface area contributed by atoms with Gasteiger partial charge in [0, 0.05) is 3.57 Å². The third kappa shape index (κ3) is 1.64. The first kappa shape index (κ1) is 8.49. The van der Waals surface area contributed by atoms with Gasteiger partial charge in [-0.1, -0.05) is 12.1 Å². The van der Waals surface area contributed by atoms with E-state index in [2.05, 4.69) is 32.8 Å². The summed E-state index contributed by atoms with van der Waals surface area (Å²) < 4.78 is 1.09. The Morgan fingerprint density at radius 1 is 1.31 bits per heavy atom. The number of aromatic nitrogens is 3. The van der Waals surface area contributed by atoms with E-state index in [0.717, 1.165) is 9.26 Å². The number of para-hydroxylation sites is 1. The minimum atomic E-state index is 0.430. The summed E-state index contributed by atoms with van der Waals surface area (Å²) in [6.45, 7) is 0. The van der Waals surface area contributed by atoms with Gasteiger partial charge >= 0.3 is 0 Å². The van der Waals surface area contributed by atoms with Crippen LogP contribution in [0, 0.1) is 3.57 Å². The molecular weight excluding hydrogens is 279 g/mol. The van der Waals surface area contributed by atoms with Crippen LogP contribution in [0.3, 0.4) is 0 Å². The number of rotatable bonds is 1. The zero-order valence-corrected chi connectivity index (χ0v) is 8.84. The van der Waals surface area contributed by atoms with Crippen LogP contribution >= 0.6 is 22.6 Å². The van der Waals surface area contributed by atoms with Crippen LogP contribution in [0.4, 0.5) is 5.82 Å². The smallest absolute Gasteiger partial charge is 0.166 e. The zero-order chi connectivity index (χ0) is 9.26. The van der Waals surface area contributed by atoms with E-state index < -0.39 is 0 Å². The van der Waals surface area contributed by atoms with Crippen molar-refractivity contribution in [3.8, 4) is 5.69 Å². The van der Waals surface area contributed by atoms with Crippen molar-refractivity contribution >= 4 is 28.4 Å². The lowest BCUT2D eigenvalue weighted by atomic mass is 10.3. The highest BCUT2D eigenvalue weighted by atomic mass is 127. The van der Waals surface area contributed by atoms with Gasteiger partial charge in [0.2, 0.25) is 0 Å². The van der Waals surface area contributed by atoms with Crippen LogP contribution in [0.15, 0.2) is 30.5 Å². The number of anilines is 1. The number of nitrogens with zero attached hydrogens (tertiary/aromatic N) is 3. The fourth-order valence-electron chi connectivity index (χ4n) is 1.00. The zero-order valence-electron chi connectivity index (χ0n) is 6.68. The van der Waals surface area contributed by atoms with E-state index >= 15 is 0 Å². The molecule has 2 aromatic rings. The molecule has 0 atom stereocenters. The fourth-order valence-corrected chi connectivity index (χ4v) is 1.61. The number of benzene rings is 1. The molecule has 0 amide bonds. The van der Waals surface area contributed by atoms with Crippen LogP contribution in [0.25, 0.3) is 5.69 Å². The number of halogens is 1. The quantitative estimate of drug-likeness (QED) is 0.807. The van der Waals surface area contributed by atoms with Crippen LogP contribution in [0.5, 0.6) is 0 Å². The third-order valence-corrected chi connectivity index (χ3v) is 2.49. The Labute approximate surface area is 88.9 Å². The minimum Gasteiger partial charge on any atom is -0.381 e. The predicted octanol–water partition coefficient (Wildman–Crippen LogP) is 1.45. The van der Waals surface area contributed by atoms with E-state index in [1.165, 1.54) is 11.0 Å². The summed E-state index contributed by atoms with van der Waals surface area (Å²) in [5, 5.41) is 8.04. The summed E-state index contributed by atoms with van der Waals surface area (Å²) in [6, 6.07) is 7.85. The molecule has 0 aliphatic rings. The Kier molecular flexibility index (Phi) is 2.17. The fraction of sp³-hybridized carbons (Fsp3) is 0. The Hall–Kier alpha value is -1.11. The van der Waals surface area contributed by atoms with Crippen molar-refractivity contribution in [1.29, 1.82) is 0 Å². The molecule has 2 N–H and O–H groups in total. The summed E-state index contributed by atoms with van der Waals surface area (Å²) in [6.07, 6.45) is 1.53. The van der Waals surface area contributed by atoms with Gasteiger partial charge in [0.05, 0.1) is 11.9 Å². The molecular formula is C8H7IN4. The van der Waals surface area contributed by atoms with Gasteiger partial charge in [0.15, 0.2) is 5.82 Å². The summed E-state index contributed by atoms with van der Waals surface area (Å²) in [5.74, 6) is 0.430. The van der Waals surface area contributed by atoms with Crippen molar-refractivity contribution in [2.45, 2.75) is 0 Å². The van der Waals surface area contributed by atoms with Gasteiger partial charge in [-0.3, -0.25) is 0 Å². The molecule has 0 saturated heterocycles. The first-order valence-electron chi connectivity index (χ1n) is 3.70. The van der Waals surface area contributed by atoms with Crippen molar-refractivity contribution in [2.24, 2.45) is 0 Å². The highest BCUT2D eigenvalue weighted by Gasteiger charge is 2.02. The third-order valence-electron chi connectivity index (χ3n) is 1.58. The first-order valence-corrected chi connectivity index (χ1v) is 4.78. The lowest BCUT2D eigenvalue weighted by Crippen LogP contribution is -2.01. The molecule has 0 aliphatic carbocycles. The van der Waals surface area contributed by atoms with Crippen LogP contribution in [-0.2, 0) is 0 Å². The number of hydrogen-bond acceptors (Lipinski definition) is 3. The van der Waals surface area contributed by atoms with Gasteiger partial charge < -0.3 is 5.73 Å². The van der Waals surface area contributed by atoms with Gasteiger partial charge in [0.1, 0.15) is 0 Å². The van der Waals surface area contributed by atoms with E-state index in [-0.39, 0.29) is 0 Å². The van der Waals surface area contributed by atoms with Gasteiger partial charge in [-0.2, -0.15) is 5.10 Å². The summed E-state index contributed by atoms with van der Waals surface area (Å²) >= 11 is 2.23. The molecule has 0 bridgehead atoms. The van der Waals surface area contributed by atoms with Crippen molar-refractivity contribution in [1.82, 2.24) is 15.0 Å². The average molecular weight is 286 g/mol. The lowest BCUT2D eigenvalue weighted by molar-refractivity contribution is 0.751. The molecule has 13 heavy (non-hydrogen) atoms. The summed E-state index contributed by atoms with van der Waals surface area (Å²) in [4.78, 5) is 1.52. The minimum absolute atomic E-state index is 0.430. The van der Waals surface area contributed by atoms with E-state index in [4.69, 9.17) is 5.73 Å². The van der Waals surface area contributed by atoms with Crippen molar-refractivity contribution in [3.63, 3.8) is 0 Å². The summed E-state index contributed by atoms with van der Waals surface area (Å²) in [5.41, 5.74) is 6.41. The van der Waals surface area contributed by atoms with Crippen LogP contribution in [0.1, 0.15) is 0 Å². The van der Waals surface area contributed by atoms with Crippen molar-refractivity contribution in [3.05, 3.63) is 34.0 Å². The molecule has 2 rings (SSSR count). The monoisotopic (exact) mass is 286 g/mol. The van der Waals surface area contributed by atoms with Gasteiger partial charge in [-0.05, 0) is 34.7 Å². The number of hydrogen-bond donors (Lipinski definition) is 1. The molecule has 0 saturated carbocycles. The van der Waals surface area contributed by atoms with Crippen LogP contribution in [0.2, 0.25) is 0 Å². The maximum atomic E-state index is 5.47. The van der Waals surface area contributed by atoms with Gasteiger partial charge in [-0.25, -0.2) is 0 Å². The molecule has 5 heteroatoms. The van der Waals surface area contributed by atoms with E-state index in [0.29, 0.717) is 5.82 Å². The second-order valence-corrected chi connectivity index (χ2v) is 3.67. The topological polar surface area (TPSA) is 56.7 Å². The van der Waals surface area contributed by atoms with Gasteiger partial charge in [0.25, 0.3) is 0 Å². The largest absolute Gasteiger partial charge is 0.381 e. The van der Waals surface area contributed by atoms with Gasteiger partial charge in [-0.15, -0.1) is 9.90 Å². The number of nitrogen functional groups attached to an aromatic ring is 1. The maximum Gasteiger partial charge on any atom is 0.166 e. The Morgan fingerprint density at radius 3 is 2.69 bits per heavy atom. The highest BCUT2D eigenvalue weighted by Crippen LogP contribution is 2.14. The standard InChI is InChI=1S/C8H7IN4/c9-6-3-1-2-4-7(6)13-11-5-8(10)12-13/h1-5H,(H2,10,12). The predicted molar refractivity (Wildman–Crippen MR) is 58.5 cm³/mol. The Morgan fingerprint density at radius 2 is 2.08 bits per heavy atom. The second kappa shape index (κ2) is 3.33. The van der Waals surface area contributed by atoms with E-state index in [1.54, 1.807) is 0 Å². The molecule has 1 aromatic heterocycles. The SMILES string of the molecule is Nc1cnn(-c2ccccc2I)n1. The lowest BCUT2D eigenvalue weighted by Gasteiger charge is -2.00. The molecule has 1 heterocycles. The average Bonchev–Trinajstić information content (AvgIpc) is 2.53. The van der Waals surface area contributed by atoms with E-state index in [1.807, 2.05) is 24.3 Å². The van der Waals surface area contributed by atoms with Crippen molar-refractivity contribution in [2.75, 3.05) is 5.73 Å². The van der Waals surface area contributed by atoms with Crippen LogP contribution < -0.4 is 5.73 Å². The molecule has 66 valence electrons. The highest BCUT2D eigenvalue weighted by molar-refractivity contribution is 14.1. The first-order chi connectivity index (χ1) is 6.27. The Bertz CT molecular complexity index is 424. The molecule has 0 unspecified atom stereocenters. The molecule has 4 nitrogen and oxygen atoms in total. The molecule has 0 aliphatic heterocycles. The van der Waals surface area contributed by atoms with Crippen molar-refractivity contribution < 1.29 is 0 Å². The molecule has 0 spiro atoms. The molecule has 1 aromatic carbocycles. The Balaban J connectivity index is 2.52. The van der Waals surface area contributed by atoms with E-state index in [9.17, 15) is 0 Å². The molecule has 0 fully saturated rings. The normalized spacial score (nSPS) is 10.2. The second-order valence-electron chi connectivity index (χ2n) is 2.51. The van der Waals surface area contributed by atoms with Crippen LogP contribution in [-0.4, -0.2) is 15.0 Å². The summed E-state index contributed by atoms with van der Waals surface area (Å²) in [7, 11) is 0.